The van der Waals surface area contributed by atoms with Gasteiger partial charge in [0.05, 0.1) is 12.2 Å². The van der Waals surface area contributed by atoms with E-state index in [0.717, 1.165) is 6.42 Å². The lowest BCUT2D eigenvalue weighted by atomic mass is 10.1. The summed E-state index contributed by atoms with van der Waals surface area (Å²) in [5, 5.41) is 6.57. The van der Waals surface area contributed by atoms with E-state index in [4.69, 9.17) is 9.26 Å². The van der Waals surface area contributed by atoms with E-state index >= 15 is 0 Å². The standard InChI is InChI=1S/C15H16FN3O3/c16-12-4-2-1-3-11(12)15(20)17-7-5-13-18-14(19-22-13)10-6-8-21-9-10/h1-4,10H,5-9H2,(H,17,20)/t10-/m1/s1. The van der Waals surface area contributed by atoms with E-state index in [1.165, 1.54) is 12.1 Å². The van der Waals surface area contributed by atoms with Gasteiger partial charge in [-0.3, -0.25) is 4.79 Å². The van der Waals surface area contributed by atoms with Crippen LogP contribution in [-0.4, -0.2) is 35.8 Å². The number of carbonyl (C=O) groups is 1. The molecule has 0 aliphatic carbocycles. The number of halogens is 1. The normalized spacial score (nSPS) is 17.6. The largest absolute Gasteiger partial charge is 0.381 e. The lowest BCUT2D eigenvalue weighted by Crippen LogP contribution is -2.26. The van der Waals surface area contributed by atoms with Crippen molar-refractivity contribution >= 4 is 5.91 Å². The molecule has 0 unspecified atom stereocenters. The molecule has 6 nitrogen and oxygen atoms in total. The van der Waals surface area contributed by atoms with Crippen LogP contribution in [0.5, 0.6) is 0 Å². The average molecular weight is 305 g/mol. The zero-order chi connectivity index (χ0) is 15.4. The first-order valence-electron chi connectivity index (χ1n) is 7.17. The second-order valence-electron chi connectivity index (χ2n) is 5.09. The number of rotatable bonds is 5. The molecule has 1 amide bonds. The lowest BCUT2D eigenvalue weighted by molar-refractivity contribution is 0.0949. The zero-order valence-corrected chi connectivity index (χ0v) is 11.9. The minimum Gasteiger partial charge on any atom is -0.381 e. The highest BCUT2D eigenvalue weighted by Crippen LogP contribution is 2.22. The molecular weight excluding hydrogens is 289 g/mol. The molecule has 0 radical (unpaired) electrons. The topological polar surface area (TPSA) is 77.2 Å². The molecule has 0 saturated carbocycles. The van der Waals surface area contributed by atoms with E-state index in [1.807, 2.05) is 0 Å². The smallest absolute Gasteiger partial charge is 0.254 e. The Kier molecular flexibility index (Phi) is 4.43. The quantitative estimate of drug-likeness (QED) is 0.909. The number of nitrogens with one attached hydrogen (secondary N) is 1. The van der Waals surface area contributed by atoms with E-state index in [9.17, 15) is 9.18 Å². The van der Waals surface area contributed by atoms with Gasteiger partial charge in [-0.15, -0.1) is 0 Å². The SMILES string of the molecule is O=C(NCCc1nc([C@@H]2CCOC2)no1)c1ccccc1F. The summed E-state index contributed by atoms with van der Waals surface area (Å²) in [5.74, 6) is 0.289. The minimum absolute atomic E-state index is 0.0248. The molecule has 1 N–H and O–H groups in total. The second-order valence-corrected chi connectivity index (χ2v) is 5.09. The van der Waals surface area contributed by atoms with Gasteiger partial charge in [0.15, 0.2) is 5.82 Å². The Morgan fingerprint density at radius 1 is 1.41 bits per heavy atom. The summed E-state index contributed by atoms with van der Waals surface area (Å²) in [6, 6.07) is 5.85. The zero-order valence-electron chi connectivity index (χ0n) is 11.9. The summed E-state index contributed by atoms with van der Waals surface area (Å²) in [5.41, 5.74) is 0.0248. The van der Waals surface area contributed by atoms with E-state index in [-0.39, 0.29) is 11.5 Å². The van der Waals surface area contributed by atoms with Gasteiger partial charge in [0, 0.05) is 25.5 Å². The highest BCUT2D eigenvalue weighted by Gasteiger charge is 2.23. The fourth-order valence-electron chi connectivity index (χ4n) is 2.30. The Morgan fingerprint density at radius 3 is 3.05 bits per heavy atom. The van der Waals surface area contributed by atoms with E-state index in [0.29, 0.717) is 37.9 Å². The fourth-order valence-corrected chi connectivity index (χ4v) is 2.30. The number of nitrogens with zero attached hydrogens (tertiary/aromatic N) is 2. The first-order chi connectivity index (χ1) is 10.7. The van der Waals surface area contributed by atoms with Crippen molar-refractivity contribution in [3.63, 3.8) is 0 Å². The van der Waals surface area contributed by atoms with Crippen LogP contribution in [0.15, 0.2) is 28.8 Å². The van der Waals surface area contributed by atoms with Crippen LogP contribution in [0.2, 0.25) is 0 Å². The van der Waals surface area contributed by atoms with Crippen molar-refractivity contribution in [1.82, 2.24) is 15.5 Å². The Balaban J connectivity index is 1.51. The number of ether oxygens (including phenoxy) is 1. The molecule has 0 bridgehead atoms. The molecule has 1 atom stereocenters. The first kappa shape index (κ1) is 14.6. The Bertz CT molecular complexity index is 653. The molecule has 1 fully saturated rings. The predicted molar refractivity (Wildman–Crippen MR) is 74.9 cm³/mol. The molecule has 2 aromatic rings. The number of benzene rings is 1. The second kappa shape index (κ2) is 6.65. The van der Waals surface area contributed by atoms with Gasteiger partial charge in [-0.05, 0) is 18.6 Å². The van der Waals surface area contributed by atoms with Gasteiger partial charge in [-0.25, -0.2) is 4.39 Å². The molecule has 7 heteroatoms. The molecule has 1 aliphatic rings. The van der Waals surface area contributed by atoms with Crippen LogP contribution in [0.4, 0.5) is 4.39 Å². The van der Waals surface area contributed by atoms with Crippen molar-refractivity contribution in [3.8, 4) is 0 Å². The van der Waals surface area contributed by atoms with Crippen LogP contribution >= 0.6 is 0 Å². The number of amides is 1. The average Bonchev–Trinajstić information content (AvgIpc) is 3.18. The van der Waals surface area contributed by atoms with Crippen molar-refractivity contribution in [3.05, 3.63) is 47.4 Å². The Hall–Kier alpha value is -2.28. The van der Waals surface area contributed by atoms with Crippen molar-refractivity contribution in [2.24, 2.45) is 0 Å². The van der Waals surface area contributed by atoms with Crippen LogP contribution in [-0.2, 0) is 11.2 Å². The molecule has 1 aromatic carbocycles. The van der Waals surface area contributed by atoms with E-state index in [2.05, 4.69) is 15.5 Å². The molecule has 1 aliphatic heterocycles. The third-order valence-corrected chi connectivity index (χ3v) is 3.52. The maximum absolute atomic E-state index is 13.5. The summed E-state index contributed by atoms with van der Waals surface area (Å²) in [6.07, 6.45) is 1.30. The van der Waals surface area contributed by atoms with Crippen molar-refractivity contribution in [1.29, 1.82) is 0 Å². The first-order valence-corrected chi connectivity index (χ1v) is 7.17. The third-order valence-electron chi connectivity index (χ3n) is 3.52. The predicted octanol–water partition coefficient (Wildman–Crippen LogP) is 1.69. The summed E-state index contributed by atoms with van der Waals surface area (Å²) in [7, 11) is 0. The molecule has 22 heavy (non-hydrogen) atoms. The Labute approximate surface area is 126 Å². The van der Waals surface area contributed by atoms with E-state index < -0.39 is 11.7 Å². The molecule has 3 rings (SSSR count). The third kappa shape index (κ3) is 3.30. The molecule has 1 aromatic heterocycles. The molecular formula is C15H16FN3O3. The summed E-state index contributed by atoms with van der Waals surface area (Å²) < 4.78 is 23.9. The number of hydrogen-bond donors (Lipinski definition) is 1. The van der Waals surface area contributed by atoms with Crippen LogP contribution in [0, 0.1) is 5.82 Å². The van der Waals surface area contributed by atoms with Crippen LogP contribution in [0.3, 0.4) is 0 Å². The number of carbonyl (C=O) groups excluding carboxylic acids is 1. The molecule has 0 spiro atoms. The van der Waals surface area contributed by atoms with Crippen molar-refractivity contribution in [2.45, 2.75) is 18.8 Å². The van der Waals surface area contributed by atoms with Crippen LogP contribution < -0.4 is 5.32 Å². The van der Waals surface area contributed by atoms with E-state index in [1.54, 1.807) is 12.1 Å². The van der Waals surface area contributed by atoms with Gasteiger partial charge in [0.25, 0.3) is 5.91 Å². The highest BCUT2D eigenvalue weighted by atomic mass is 19.1. The highest BCUT2D eigenvalue weighted by molar-refractivity contribution is 5.94. The van der Waals surface area contributed by atoms with Crippen molar-refractivity contribution in [2.75, 3.05) is 19.8 Å². The summed E-state index contributed by atoms with van der Waals surface area (Å²) >= 11 is 0. The lowest BCUT2D eigenvalue weighted by Gasteiger charge is -2.04. The van der Waals surface area contributed by atoms with Gasteiger partial charge in [0.2, 0.25) is 5.89 Å². The molecule has 1 saturated heterocycles. The summed E-state index contributed by atoms with van der Waals surface area (Å²) in [6.45, 7) is 1.63. The fraction of sp³-hybridized carbons (Fsp3) is 0.400. The van der Waals surface area contributed by atoms with Gasteiger partial charge in [0.1, 0.15) is 5.82 Å². The van der Waals surface area contributed by atoms with Crippen LogP contribution in [0.1, 0.15) is 34.4 Å². The molecule has 116 valence electrons. The Morgan fingerprint density at radius 2 is 2.27 bits per heavy atom. The number of hydrogen-bond acceptors (Lipinski definition) is 5. The monoisotopic (exact) mass is 305 g/mol. The minimum atomic E-state index is -0.540. The van der Waals surface area contributed by atoms with Crippen molar-refractivity contribution < 1.29 is 18.4 Å². The summed E-state index contributed by atoms with van der Waals surface area (Å²) in [4.78, 5) is 16.1. The van der Waals surface area contributed by atoms with Gasteiger partial charge < -0.3 is 14.6 Å². The maximum Gasteiger partial charge on any atom is 0.254 e. The van der Waals surface area contributed by atoms with Gasteiger partial charge in [-0.2, -0.15) is 4.98 Å². The van der Waals surface area contributed by atoms with Crippen LogP contribution in [0.25, 0.3) is 0 Å². The van der Waals surface area contributed by atoms with Gasteiger partial charge >= 0.3 is 0 Å². The number of aromatic nitrogens is 2. The maximum atomic E-state index is 13.5. The van der Waals surface area contributed by atoms with Gasteiger partial charge in [-0.1, -0.05) is 17.3 Å². The molecule has 2 heterocycles.